The highest BCUT2D eigenvalue weighted by Gasteiger charge is 2.39. The van der Waals surface area contributed by atoms with Gasteiger partial charge in [0.2, 0.25) is 23.6 Å². The van der Waals surface area contributed by atoms with Gasteiger partial charge >= 0.3 is 5.97 Å². The Morgan fingerprint density at radius 1 is 1.23 bits per heavy atom. The quantitative estimate of drug-likeness (QED) is 0.194. The molecule has 0 aromatic carbocycles. The maximum absolute atomic E-state index is 13.1. The van der Waals surface area contributed by atoms with E-state index in [0.717, 1.165) is 0 Å². The molecule has 0 aliphatic carbocycles. The van der Waals surface area contributed by atoms with Crippen LogP contribution in [0.2, 0.25) is 0 Å². The minimum atomic E-state index is -1.15. The van der Waals surface area contributed by atoms with E-state index in [0.29, 0.717) is 19.3 Å². The average Bonchev–Trinajstić information content (AvgIpc) is 3.22. The summed E-state index contributed by atoms with van der Waals surface area (Å²) < 4.78 is 0. The van der Waals surface area contributed by atoms with Gasteiger partial charge in [0.1, 0.15) is 18.1 Å². The van der Waals surface area contributed by atoms with Crippen molar-refractivity contribution in [1.29, 1.82) is 0 Å². The highest BCUT2D eigenvalue weighted by Crippen LogP contribution is 2.21. The molecular weight excluding hydrogens is 426 g/mol. The highest BCUT2D eigenvalue weighted by molar-refractivity contribution is 7.80. The number of carboxylic acids is 1. The monoisotopic (exact) mass is 459 g/mol. The number of carbonyl (C=O) groups is 5. The van der Waals surface area contributed by atoms with Crippen LogP contribution in [0.5, 0.6) is 0 Å². The first kappa shape index (κ1) is 26.7. The molecule has 0 saturated carbocycles. The van der Waals surface area contributed by atoms with Crippen LogP contribution in [0.25, 0.3) is 0 Å². The molecule has 7 N–H and O–H groups in total. The van der Waals surface area contributed by atoms with Crippen molar-refractivity contribution >= 4 is 42.2 Å². The zero-order chi connectivity index (χ0) is 23.7. The Bertz CT molecular complexity index is 691. The molecule has 1 heterocycles. The molecule has 0 bridgehead atoms. The number of aliphatic carboxylic acids is 1. The van der Waals surface area contributed by atoms with Crippen LogP contribution in [-0.2, 0) is 24.0 Å². The van der Waals surface area contributed by atoms with E-state index in [1.807, 2.05) is 6.92 Å². The lowest BCUT2D eigenvalue weighted by atomic mass is 9.98. The molecule has 1 aliphatic rings. The highest BCUT2D eigenvalue weighted by atomic mass is 32.1. The van der Waals surface area contributed by atoms with Crippen LogP contribution in [0, 0.1) is 5.92 Å². The van der Waals surface area contributed by atoms with Gasteiger partial charge in [0, 0.05) is 18.7 Å². The summed E-state index contributed by atoms with van der Waals surface area (Å²) >= 11 is 3.96. The number of hydrogen-bond donors (Lipinski definition) is 6. The number of amides is 4. The number of primary amides is 1. The molecule has 176 valence electrons. The first-order valence-electron chi connectivity index (χ1n) is 10.3. The van der Waals surface area contributed by atoms with Crippen LogP contribution in [0.4, 0.5) is 0 Å². The lowest BCUT2D eigenvalue weighted by Crippen LogP contribution is -2.57. The van der Waals surface area contributed by atoms with E-state index in [2.05, 4.69) is 23.3 Å². The van der Waals surface area contributed by atoms with Crippen LogP contribution in [0.1, 0.15) is 46.0 Å². The number of nitrogens with one attached hydrogen (secondary N) is 2. The second-order valence-electron chi connectivity index (χ2n) is 7.75. The molecule has 12 heteroatoms. The lowest BCUT2D eigenvalue weighted by molar-refractivity contribution is -0.146. The molecule has 31 heavy (non-hydrogen) atoms. The van der Waals surface area contributed by atoms with E-state index in [-0.39, 0.29) is 31.1 Å². The van der Waals surface area contributed by atoms with E-state index in [4.69, 9.17) is 11.5 Å². The summed E-state index contributed by atoms with van der Waals surface area (Å²) in [5.74, 6) is -3.74. The number of hydrogen-bond acceptors (Lipinski definition) is 7. The van der Waals surface area contributed by atoms with Gasteiger partial charge in [-0.05, 0) is 25.2 Å². The van der Waals surface area contributed by atoms with Crippen molar-refractivity contribution in [3.05, 3.63) is 0 Å². The van der Waals surface area contributed by atoms with Crippen LogP contribution in [0.3, 0.4) is 0 Å². The van der Waals surface area contributed by atoms with Gasteiger partial charge in [-0.15, -0.1) is 0 Å². The predicted octanol–water partition coefficient (Wildman–Crippen LogP) is -1.40. The Morgan fingerprint density at radius 2 is 1.87 bits per heavy atom. The molecule has 1 aliphatic heterocycles. The summed E-state index contributed by atoms with van der Waals surface area (Å²) in [5.41, 5.74) is 10.8. The summed E-state index contributed by atoms with van der Waals surface area (Å²) in [4.78, 5) is 62.2. The van der Waals surface area contributed by atoms with Crippen LogP contribution < -0.4 is 22.1 Å². The molecule has 5 atom stereocenters. The number of carboxylic acid groups (broad SMARTS) is 1. The minimum Gasteiger partial charge on any atom is -0.480 e. The Labute approximate surface area is 187 Å². The standard InChI is InChI=1S/C19H33N5O6S/c1-3-10(2)15(19(29)30)23-17(27)13-5-4-8-24(13)18(28)12(6-7-14(21)25)22-16(26)11(20)9-31/h10-13,15,31H,3-9,20H2,1-2H3,(H2,21,25)(H,22,26)(H,23,27)(H,29,30). The van der Waals surface area contributed by atoms with Crippen molar-refractivity contribution in [3.63, 3.8) is 0 Å². The number of nitrogens with zero attached hydrogens (tertiary/aromatic N) is 1. The van der Waals surface area contributed by atoms with Crippen molar-refractivity contribution in [2.75, 3.05) is 12.3 Å². The van der Waals surface area contributed by atoms with E-state index in [1.165, 1.54) is 4.90 Å². The molecule has 1 fully saturated rings. The summed E-state index contributed by atoms with van der Waals surface area (Å²) in [7, 11) is 0. The molecule has 0 aromatic heterocycles. The fraction of sp³-hybridized carbons (Fsp3) is 0.737. The number of carbonyl (C=O) groups excluding carboxylic acids is 4. The maximum atomic E-state index is 13.1. The molecular formula is C19H33N5O6S. The molecule has 1 rings (SSSR count). The predicted molar refractivity (Wildman–Crippen MR) is 116 cm³/mol. The van der Waals surface area contributed by atoms with E-state index < -0.39 is 53.8 Å². The fourth-order valence-electron chi connectivity index (χ4n) is 3.34. The minimum absolute atomic E-state index is 0.0470. The lowest BCUT2D eigenvalue weighted by Gasteiger charge is -2.30. The third-order valence-corrected chi connectivity index (χ3v) is 5.84. The number of nitrogens with two attached hydrogens (primary N) is 2. The third kappa shape index (κ3) is 7.69. The van der Waals surface area contributed by atoms with Crippen molar-refractivity contribution in [1.82, 2.24) is 15.5 Å². The van der Waals surface area contributed by atoms with Crippen LogP contribution >= 0.6 is 12.6 Å². The van der Waals surface area contributed by atoms with Crippen molar-refractivity contribution in [2.24, 2.45) is 17.4 Å². The van der Waals surface area contributed by atoms with Crippen molar-refractivity contribution < 1.29 is 29.1 Å². The Kier molecular flexibility index (Phi) is 10.8. The summed E-state index contributed by atoms with van der Waals surface area (Å²) in [6, 6.07) is -3.99. The average molecular weight is 460 g/mol. The summed E-state index contributed by atoms with van der Waals surface area (Å²) in [5, 5.41) is 14.5. The topological polar surface area (TPSA) is 185 Å². The van der Waals surface area contributed by atoms with E-state index in [1.54, 1.807) is 6.92 Å². The zero-order valence-electron chi connectivity index (χ0n) is 17.9. The third-order valence-electron chi connectivity index (χ3n) is 5.44. The van der Waals surface area contributed by atoms with Gasteiger partial charge in [0.15, 0.2) is 0 Å². The second-order valence-corrected chi connectivity index (χ2v) is 8.12. The number of rotatable bonds is 12. The molecule has 11 nitrogen and oxygen atoms in total. The van der Waals surface area contributed by atoms with Gasteiger partial charge in [-0.1, -0.05) is 20.3 Å². The van der Waals surface area contributed by atoms with E-state index in [9.17, 15) is 29.1 Å². The van der Waals surface area contributed by atoms with Gasteiger partial charge in [-0.3, -0.25) is 19.2 Å². The van der Waals surface area contributed by atoms with Gasteiger partial charge in [0.05, 0.1) is 6.04 Å². The smallest absolute Gasteiger partial charge is 0.326 e. The fourth-order valence-corrected chi connectivity index (χ4v) is 3.51. The van der Waals surface area contributed by atoms with Gasteiger partial charge in [-0.2, -0.15) is 12.6 Å². The van der Waals surface area contributed by atoms with Gasteiger partial charge in [0.25, 0.3) is 0 Å². The molecule has 0 aromatic rings. The summed E-state index contributed by atoms with van der Waals surface area (Å²) in [6.45, 7) is 3.80. The van der Waals surface area contributed by atoms with Crippen LogP contribution in [-0.4, -0.2) is 76.1 Å². The SMILES string of the molecule is CCC(C)C(NC(=O)C1CCCN1C(=O)C(CCC(N)=O)NC(=O)C(N)CS)C(=O)O. The van der Waals surface area contributed by atoms with Gasteiger partial charge in [-0.25, -0.2) is 4.79 Å². The number of thiol groups is 1. The van der Waals surface area contributed by atoms with Crippen molar-refractivity contribution in [2.45, 2.75) is 70.1 Å². The zero-order valence-corrected chi connectivity index (χ0v) is 18.8. The molecule has 4 amide bonds. The van der Waals surface area contributed by atoms with Gasteiger partial charge < -0.3 is 32.1 Å². The molecule has 5 unspecified atom stereocenters. The molecule has 1 saturated heterocycles. The Hall–Kier alpha value is -2.34. The maximum Gasteiger partial charge on any atom is 0.326 e. The summed E-state index contributed by atoms with van der Waals surface area (Å²) in [6.07, 6.45) is 1.26. The second kappa shape index (κ2) is 12.5. The Balaban J connectivity index is 2.98. The normalized spacial score (nSPS) is 19.7. The first-order valence-corrected chi connectivity index (χ1v) is 10.9. The molecule has 0 radical (unpaired) electrons. The van der Waals surface area contributed by atoms with E-state index >= 15 is 0 Å². The Morgan fingerprint density at radius 3 is 2.39 bits per heavy atom. The largest absolute Gasteiger partial charge is 0.480 e. The first-order chi connectivity index (χ1) is 14.5. The van der Waals surface area contributed by atoms with Crippen LogP contribution in [0.15, 0.2) is 0 Å². The molecule has 0 spiro atoms. The number of likely N-dealkylation sites (tertiary alicyclic amines) is 1. The van der Waals surface area contributed by atoms with Crippen molar-refractivity contribution in [3.8, 4) is 0 Å².